The first-order valence-electron chi connectivity index (χ1n) is 8.70. The number of benzene rings is 1. The zero-order valence-corrected chi connectivity index (χ0v) is 14.5. The third kappa shape index (κ3) is 3.40. The monoisotopic (exact) mass is 365 g/mol. The topological polar surface area (TPSA) is 78.5 Å². The van der Waals surface area contributed by atoms with E-state index in [2.05, 4.69) is 10.6 Å². The van der Waals surface area contributed by atoms with Gasteiger partial charge in [-0.3, -0.25) is 14.5 Å². The Labute approximate surface area is 149 Å². The molecule has 0 radical (unpaired) electrons. The maximum atomic E-state index is 14.1. The van der Waals surface area contributed by atoms with Crippen LogP contribution in [0.1, 0.15) is 44.6 Å². The van der Waals surface area contributed by atoms with Gasteiger partial charge in [-0.25, -0.2) is 13.6 Å². The molecule has 0 aromatic heterocycles. The van der Waals surface area contributed by atoms with E-state index in [1.165, 1.54) is 6.92 Å². The van der Waals surface area contributed by atoms with Crippen molar-refractivity contribution < 1.29 is 23.2 Å². The lowest BCUT2D eigenvalue weighted by Gasteiger charge is -2.24. The average Bonchev–Trinajstić information content (AvgIpc) is 2.82. The van der Waals surface area contributed by atoms with Crippen LogP contribution in [-0.4, -0.2) is 35.3 Å². The molecule has 1 saturated carbocycles. The number of hydrogen-bond donors (Lipinski definition) is 2. The number of nitrogens with zero attached hydrogens (tertiary/aromatic N) is 1. The fraction of sp³-hybridized carbons (Fsp3) is 0.500. The second-order valence-corrected chi connectivity index (χ2v) is 6.97. The van der Waals surface area contributed by atoms with Gasteiger partial charge in [0.1, 0.15) is 23.7 Å². The molecule has 1 unspecified atom stereocenters. The summed E-state index contributed by atoms with van der Waals surface area (Å²) in [6.07, 6.45) is 4.95. The van der Waals surface area contributed by atoms with E-state index in [1.54, 1.807) is 0 Å². The van der Waals surface area contributed by atoms with Crippen molar-refractivity contribution in [2.24, 2.45) is 0 Å². The van der Waals surface area contributed by atoms with Gasteiger partial charge in [0.15, 0.2) is 0 Å². The molecule has 140 valence electrons. The zero-order chi connectivity index (χ0) is 18.9. The summed E-state index contributed by atoms with van der Waals surface area (Å²) in [7, 11) is 0. The van der Waals surface area contributed by atoms with Gasteiger partial charge in [0.25, 0.3) is 5.91 Å². The Morgan fingerprint density at radius 3 is 2.65 bits per heavy atom. The predicted octanol–water partition coefficient (Wildman–Crippen LogP) is 2.18. The number of hydrogen-bond acceptors (Lipinski definition) is 3. The highest BCUT2D eigenvalue weighted by molar-refractivity contribution is 6.09. The van der Waals surface area contributed by atoms with Crippen molar-refractivity contribution in [1.29, 1.82) is 0 Å². The SMILES string of the molecule is CC1(c2cc(F)ccc2F)NC(=O)N(CC(=O)NC2CCCCC2)C1=O. The predicted molar refractivity (Wildman–Crippen MR) is 89.0 cm³/mol. The first-order valence-corrected chi connectivity index (χ1v) is 8.70. The van der Waals surface area contributed by atoms with E-state index in [1.807, 2.05) is 0 Å². The third-order valence-electron chi connectivity index (χ3n) is 5.01. The molecule has 2 fully saturated rings. The molecule has 3 rings (SSSR count). The van der Waals surface area contributed by atoms with Gasteiger partial charge in [-0.2, -0.15) is 0 Å². The maximum Gasteiger partial charge on any atom is 0.325 e. The van der Waals surface area contributed by atoms with Gasteiger partial charge in [-0.1, -0.05) is 19.3 Å². The van der Waals surface area contributed by atoms with E-state index in [4.69, 9.17) is 0 Å². The Hall–Kier alpha value is -2.51. The van der Waals surface area contributed by atoms with Crippen LogP contribution in [0.25, 0.3) is 0 Å². The second-order valence-electron chi connectivity index (χ2n) is 6.97. The molecule has 4 amide bonds. The van der Waals surface area contributed by atoms with E-state index in [9.17, 15) is 23.2 Å². The molecule has 2 aliphatic rings. The Kier molecular flexibility index (Phi) is 4.93. The lowest BCUT2D eigenvalue weighted by Crippen LogP contribution is -2.46. The molecule has 0 bridgehead atoms. The highest BCUT2D eigenvalue weighted by Gasteiger charge is 2.50. The van der Waals surface area contributed by atoms with Crippen molar-refractivity contribution in [1.82, 2.24) is 15.5 Å². The molecule has 8 heteroatoms. The van der Waals surface area contributed by atoms with E-state index < -0.39 is 41.6 Å². The Balaban J connectivity index is 1.74. The molecule has 0 spiro atoms. The van der Waals surface area contributed by atoms with E-state index >= 15 is 0 Å². The minimum absolute atomic E-state index is 0.0454. The molecule has 1 aliphatic carbocycles. The largest absolute Gasteiger partial charge is 0.352 e. The standard InChI is InChI=1S/C18H21F2N3O3/c1-18(13-9-11(19)7-8-14(13)20)16(25)23(17(26)22-18)10-15(24)21-12-5-3-2-4-6-12/h7-9,12H,2-6,10H2,1H3,(H,21,24)(H,22,26). The number of halogens is 2. The van der Waals surface area contributed by atoms with Crippen LogP contribution in [0.4, 0.5) is 13.6 Å². The molecule has 6 nitrogen and oxygen atoms in total. The zero-order valence-electron chi connectivity index (χ0n) is 14.5. The van der Waals surface area contributed by atoms with Gasteiger partial charge in [0.05, 0.1) is 0 Å². The molecule has 1 heterocycles. The van der Waals surface area contributed by atoms with Gasteiger partial charge in [0, 0.05) is 11.6 Å². The van der Waals surface area contributed by atoms with Crippen LogP contribution >= 0.6 is 0 Å². The summed E-state index contributed by atoms with van der Waals surface area (Å²) >= 11 is 0. The van der Waals surface area contributed by atoms with Gasteiger partial charge in [-0.05, 0) is 38.0 Å². The van der Waals surface area contributed by atoms with Crippen LogP contribution in [0, 0.1) is 11.6 Å². The van der Waals surface area contributed by atoms with Crippen molar-refractivity contribution >= 4 is 17.8 Å². The lowest BCUT2D eigenvalue weighted by molar-refractivity contribution is -0.135. The van der Waals surface area contributed by atoms with Gasteiger partial charge in [0.2, 0.25) is 5.91 Å². The number of carbonyl (C=O) groups is 3. The molecule has 26 heavy (non-hydrogen) atoms. The number of rotatable bonds is 4. The fourth-order valence-electron chi connectivity index (χ4n) is 3.57. The molecule has 1 aromatic carbocycles. The number of urea groups is 1. The minimum Gasteiger partial charge on any atom is -0.352 e. The quantitative estimate of drug-likeness (QED) is 0.803. The van der Waals surface area contributed by atoms with Crippen LogP contribution in [0.3, 0.4) is 0 Å². The van der Waals surface area contributed by atoms with E-state index in [-0.39, 0.29) is 11.6 Å². The van der Waals surface area contributed by atoms with Crippen molar-refractivity contribution in [2.75, 3.05) is 6.54 Å². The third-order valence-corrected chi connectivity index (χ3v) is 5.01. The van der Waals surface area contributed by atoms with Crippen LogP contribution in [-0.2, 0) is 15.1 Å². The first-order chi connectivity index (χ1) is 12.3. The second kappa shape index (κ2) is 7.01. The molecule has 1 aliphatic heterocycles. The van der Waals surface area contributed by atoms with E-state index in [0.29, 0.717) is 0 Å². The number of carbonyl (C=O) groups excluding carboxylic acids is 3. The lowest BCUT2D eigenvalue weighted by atomic mass is 9.91. The number of amides is 4. The Morgan fingerprint density at radius 1 is 1.27 bits per heavy atom. The average molecular weight is 365 g/mol. The van der Waals surface area contributed by atoms with Crippen molar-refractivity contribution in [3.63, 3.8) is 0 Å². The van der Waals surface area contributed by atoms with Gasteiger partial charge >= 0.3 is 6.03 Å². The van der Waals surface area contributed by atoms with Crippen molar-refractivity contribution in [3.05, 3.63) is 35.4 Å². The minimum atomic E-state index is -1.76. The summed E-state index contributed by atoms with van der Waals surface area (Å²) in [6, 6.07) is 1.94. The Bertz CT molecular complexity index is 749. The summed E-state index contributed by atoms with van der Waals surface area (Å²) in [6.45, 7) is 0.845. The summed E-state index contributed by atoms with van der Waals surface area (Å²) in [5, 5.41) is 5.20. The molecule has 1 atom stereocenters. The summed E-state index contributed by atoms with van der Waals surface area (Å²) < 4.78 is 27.6. The summed E-state index contributed by atoms with van der Waals surface area (Å²) in [5.74, 6) is -2.76. The molecule has 2 N–H and O–H groups in total. The van der Waals surface area contributed by atoms with Crippen molar-refractivity contribution in [3.8, 4) is 0 Å². The Morgan fingerprint density at radius 2 is 1.96 bits per heavy atom. The van der Waals surface area contributed by atoms with E-state index in [0.717, 1.165) is 55.2 Å². The summed E-state index contributed by atoms with van der Waals surface area (Å²) in [4.78, 5) is 37.8. The molecule has 1 saturated heterocycles. The molecular weight excluding hydrogens is 344 g/mol. The highest BCUT2D eigenvalue weighted by atomic mass is 19.1. The molecular formula is C18H21F2N3O3. The fourth-order valence-corrected chi connectivity index (χ4v) is 3.57. The van der Waals surface area contributed by atoms with Gasteiger partial charge in [-0.15, -0.1) is 0 Å². The van der Waals surface area contributed by atoms with Crippen LogP contribution in [0.2, 0.25) is 0 Å². The van der Waals surface area contributed by atoms with Crippen molar-refractivity contribution in [2.45, 2.75) is 50.6 Å². The summed E-state index contributed by atoms with van der Waals surface area (Å²) in [5.41, 5.74) is -2.03. The maximum absolute atomic E-state index is 14.1. The smallest absolute Gasteiger partial charge is 0.325 e. The van der Waals surface area contributed by atoms with Crippen LogP contribution in [0.15, 0.2) is 18.2 Å². The number of imide groups is 1. The normalized spacial score (nSPS) is 23.9. The highest BCUT2D eigenvalue weighted by Crippen LogP contribution is 2.31. The first kappa shape index (κ1) is 18.3. The molecule has 1 aromatic rings. The van der Waals surface area contributed by atoms with Crippen LogP contribution in [0.5, 0.6) is 0 Å². The number of nitrogens with one attached hydrogen (secondary N) is 2. The van der Waals surface area contributed by atoms with Gasteiger partial charge < -0.3 is 10.6 Å². The van der Waals surface area contributed by atoms with Crippen LogP contribution < -0.4 is 10.6 Å².